The summed E-state index contributed by atoms with van der Waals surface area (Å²) in [6.07, 6.45) is 0. The summed E-state index contributed by atoms with van der Waals surface area (Å²) in [6, 6.07) is 5.39. The normalized spacial score (nSPS) is 11.3. The van der Waals surface area contributed by atoms with Gasteiger partial charge in [0.15, 0.2) is 5.78 Å². The first-order valence-electron chi connectivity index (χ1n) is 5.96. The number of ketones is 1. The van der Waals surface area contributed by atoms with Crippen molar-refractivity contribution in [3.05, 3.63) is 34.2 Å². The van der Waals surface area contributed by atoms with Crippen LogP contribution in [0.1, 0.15) is 30.2 Å². The number of aromatic amines is 1. The number of carbonyl (C=O) groups is 1. The lowest BCUT2D eigenvalue weighted by molar-refractivity contribution is 0.0993. The average molecular weight is 247 g/mol. The maximum atomic E-state index is 11.8. The molecule has 96 valence electrons. The number of H-pyrrole nitrogens is 1. The van der Waals surface area contributed by atoms with Crippen molar-refractivity contribution in [2.75, 3.05) is 13.6 Å². The first-order valence-corrected chi connectivity index (χ1v) is 5.96. The van der Waals surface area contributed by atoms with Gasteiger partial charge in [-0.05, 0) is 39.1 Å². The fourth-order valence-corrected chi connectivity index (χ4v) is 2.08. The number of nitrogens with one attached hydrogen (secondary N) is 2. The number of benzene rings is 1. The highest BCUT2D eigenvalue weighted by Crippen LogP contribution is 2.16. The van der Waals surface area contributed by atoms with E-state index in [1.165, 1.54) is 0 Å². The van der Waals surface area contributed by atoms with Crippen LogP contribution in [0.3, 0.4) is 0 Å². The average Bonchev–Trinajstić information content (AvgIpc) is 2.63. The molecular weight excluding hydrogens is 230 g/mol. The van der Waals surface area contributed by atoms with Crippen LogP contribution < -0.4 is 11.0 Å². The van der Waals surface area contributed by atoms with Gasteiger partial charge in [0.1, 0.15) is 0 Å². The van der Waals surface area contributed by atoms with Crippen molar-refractivity contribution in [2.24, 2.45) is 0 Å². The summed E-state index contributed by atoms with van der Waals surface area (Å²) in [5.74, 6) is 0.0116. The Hall–Kier alpha value is -1.88. The van der Waals surface area contributed by atoms with E-state index in [0.29, 0.717) is 17.6 Å². The summed E-state index contributed by atoms with van der Waals surface area (Å²) >= 11 is 0. The van der Waals surface area contributed by atoms with E-state index in [9.17, 15) is 9.59 Å². The van der Waals surface area contributed by atoms with Crippen LogP contribution in [0.5, 0.6) is 0 Å². The Morgan fingerprint density at radius 1 is 1.44 bits per heavy atom. The summed E-state index contributed by atoms with van der Waals surface area (Å²) in [6.45, 7) is 4.20. The molecule has 0 amide bonds. The Labute approximate surface area is 105 Å². The third-order valence-electron chi connectivity index (χ3n) is 2.89. The van der Waals surface area contributed by atoms with Gasteiger partial charge in [-0.2, -0.15) is 0 Å². The second-order valence-electron chi connectivity index (χ2n) is 4.58. The number of Topliss-reactive ketones (excluding diaryl/α,β-unsaturated/α-hetero) is 1. The molecule has 0 unspecified atom stereocenters. The molecule has 1 aromatic carbocycles. The summed E-state index contributed by atoms with van der Waals surface area (Å²) in [7, 11) is 1.73. The Balaban J connectivity index is 2.54. The van der Waals surface area contributed by atoms with Crippen LogP contribution in [0.2, 0.25) is 0 Å². The van der Waals surface area contributed by atoms with E-state index in [1.807, 2.05) is 19.9 Å². The Kier molecular flexibility index (Phi) is 3.34. The minimum Gasteiger partial charge on any atom is -0.313 e. The van der Waals surface area contributed by atoms with E-state index in [1.54, 1.807) is 23.7 Å². The predicted molar refractivity (Wildman–Crippen MR) is 71.2 cm³/mol. The Bertz CT molecular complexity index is 637. The molecule has 0 bridgehead atoms. The van der Waals surface area contributed by atoms with Crippen LogP contribution >= 0.6 is 0 Å². The number of likely N-dealkylation sites (N-methyl/N-ethyl adjacent to an activating group) is 1. The first kappa shape index (κ1) is 12.6. The largest absolute Gasteiger partial charge is 0.326 e. The van der Waals surface area contributed by atoms with Crippen LogP contribution in [-0.2, 0) is 0 Å². The minimum atomic E-state index is -0.141. The topological polar surface area (TPSA) is 66.9 Å². The van der Waals surface area contributed by atoms with Crippen molar-refractivity contribution in [1.29, 1.82) is 0 Å². The molecule has 0 aliphatic rings. The Morgan fingerprint density at radius 3 is 2.78 bits per heavy atom. The second-order valence-corrected chi connectivity index (χ2v) is 4.58. The number of nitrogens with zero attached hydrogens (tertiary/aromatic N) is 1. The zero-order valence-corrected chi connectivity index (χ0v) is 10.8. The summed E-state index contributed by atoms with van der Waals surface area (Å²) in [4.78, 5) is 26.3. The molecule has 0 aliphatic heterocycles. The Morgan fingerprint density at radius 2 is 2.17 bits per heavy atom. The number of aromatic nitrogens is 2. The molecule has 2 aromatic rings. The van der Waals surface area contributed by atoms with Crippen LogP contribution in [0, 0.1) is 0 Å². The number of hydrogen-bond acceptors (Lipinski definition) is 3. The highest BCUT2D eigenvalue weighted by Gasteiger charge is 2.12. The zero-order valence-electron chi connectivity index (χ0n) is 10.8. The quantitative estimate of drug-likeness (QED) is 0.801. The molecule has 0 radical (unpaired) electrons. The molecule has 1 heterocycles. The third kappa shape index (κ3) is 2.09. The first-order chi connectivity index (χ1) is 8.54. The number of imidazole rings is 1. The number of fused-ring (bicyclic) bond motifs is 1. The van der Waals surface area contributed by atoms with E-state index in [-0.39, 0.29) is 17.5 Å². The van der Waals surface area contributed by atoms with Gasteiger partial charge in [-0.3, -0.25) is 9.36 Å². The zero-order chi connectivity index (χ0) is 13.3. The number of carbonyl (C=O) groups excluding carboxylic acids is 1. The molecule has 0 spiro atoms. The summed E-state index contributed by atoms with van der Waals surface area (Å²) in [5.41, 5.74) is 2.00. The van der Waals surface area contributed by atoms with Gasteiger partial charge in [0.25, 0.3) is 0 Å². The van der Waals surface area contributed by atoms with Crippen molar-refractivity contribution >= 4 is 16.8 Å². The van der Waals surface area contributed by atoms with Crippen LogP contribution in [0.15, 0.2) is 23.0 Å². The fraction of sp³-hybridized carbons (Fsp3) is 0.385. The highest BCUT2D eigenvalue weighted by molar-refractivity contribution is 6.00. The van der Waals surface area contributed by atoms with E-state index in [4.69, 9.17) is 0 Å². The van der Waals surface area contributed by atoms with Crippen LogP contribution in [0.25, 0.3) is 11.0 Å². The van der Waals surface area contributed by atoms with Crippen molar-refractivity contribution in [3.8, 4) is 0 Å². The molecule has 0 saturated carbocycles. The fourth-order valence-electron chi connectivity index (χ4n) is 2.08. The summed E-state index contributed by atoms with van der Waals surface area (Å²) < 4.78 is 1.68. The monoisotopic (exact) mass is 247 g/mol. The molecule has 5 heteroatoms. The smallest absolute Gasteiger partial charge is 0.313 e. The van der Waals surface area contributed by atoms with Crippen molar-refractivity contribution < 1.29 is 4.79 Å². The maximum Gasteiger partial charge on any atom is 0.326 e. The van der Waals surface area contributed by atoms with Crippen molar-refractivity contribution in [1.82, 2.24) is 14.9 Å². The maximum absolute atomic E-state index is 11.8. The minimum absolute atomic E-state index is 0.0116. The third-order valence-corrected chi connectivity index (χ3v) is 2.89. The lowest BCUT2D eigenvalue weighted by Gasteiger charge is -2.07. The van der Waals surface area contributed by atoms with Gasteiger partial charge < -0.3 is 10.3 Å². The molecule has 18 heavy (non-hydrogen) atoms. The SMILES string of the molecule is CNCC(=O)c1ccc2c(c1)[nH]c(=O)n2C(C)C. The number of hydrogen-bond donors (Lipinski definition) is 2. The molecular formula is C13H17N3O2. The molecule has 2 N–H and O–H groups in total. The van der Waals surface area contributed by atoms with E-state index >= 15 is 0 Å². The van der Waals surface area contributed by atoms with Gasteiger partial charge >= 0.3 is 5.69 Å². The van der Waals surface area contributed by atoms with Gasteiger partial charge in [0.05, 0.1) is 17.6 Å². The molecule has 5 nitrogen and oxygen atoms in total. The summed E-state index contributed by atoms with van der Waals surface area (Å²) in [5, 5.41) is 2.82. The molecule has 0 atom stereocenters. The standard InChI is InChI=1S/C13H17N3O2/c1-8(2)16-11-5-4-9(12(17)7-14-3)6-10(11)15-13(16)18/h4-6,8,14H,7H2,1-3H3,(H,15,18). The highest BCUT2D eigenvalue weighted by atomic mass is 16.1. The van der Waals surface area contributed by atoms with E-state index in [2.05, 4.69) is 10.3 Å². The molecule has 0 aliphatic carbocycles. The molecule has 2 rings (SSSR count). The van der Waals surface area contributed by atoms with Crippen molar-refractivity contribution in [2.45, 2.75) is 19.9 Å². The van der Waals surface area contributed by atoms with Gasteiger partial charge in [0, 0.05) is 11.6 Å². The van der Waals surface area contributed by atoms with Crippen LogP contribution in [-0.4, -0.2) is 28.9 Å². The lowest BCUT2D eigenvalue weighted by atomic mass is 10.1. The van der Waals surface area contributed by atoms with Gasteiger partial charge in [-0.1, -0.05) is 0 Å². The van der Waals surface area contributed by atoms with E-state index < -0.39 is 0 Å². The van der Waals surface area contributed by atoms with Gasteiger partial charge in [0.2, 0.25) is 0 Å². The van der Waals surface area contributed by atoms with Crippen LogP contribution in [0.4, 0.5) is 0 Å². The van der Waals surface area contributed by atoms with E-state index in [0.717, 1.165) is 5.52 Å². The predicted octanol–water partition coefficient (Wildman–Crippen LogP) is 1.31. The lowest BCUT2D eigenvalue weighted by Crippen LogP contribution is -2.18. The van der Waals surface area contributed by atoms with Gasteiger partial charge in [-0.25, -0.2) is 4.79 Å². The molecule has 0 saturated heterocycles. The van der Waals surface area contributed by atoms with Crippen molar-refractivity contribution in [3.63, 3.8) is 0 Å². The number of rotatable bonds is 4. The van der Waals surface area contributed by atoms with Gasteiger partial charge in [-0.15, -0.1) is 0 Å². The second kappa shape index (κ2) is 4.78. The molecule has 1 aromatic heterocycles. The molecule has 0 fully saturated rings.